The van der Waals surface area contributed by atoms with Crippen molar-refractivity contribution < 1.29 is 29.6 Å². The number of esters is 1. The molecule has 0 aromatic rings. The Morgan fingerprint density at radius 3 is 2.47 bits per heavy atom. The fourth-order valence-corrected chi connectivity index (χ4v) is 8.38. The molecule has 6 nitrogen and oxygen atoms in total. The zero-order valence-electron chi connectivity index (χ0n) is 21.0. The van der Waals surface area contributed by atoms with E-state index in [9.17, 15) is 24.9 Å². The number of carbonyl (C=O) groups excluding carboxylic acids is 2. The highest BCUT2D eigenvalue weighted by atomic mass is 16.6. The Morgan fingerprint density at radius 1 is 1.09 bits per heavy atom. The summed E-state index contributed by atoms with van der Waals surface area (Å²) in [6.07, 6.45) is 8.25. The zero-order chi connectivity index (χ0) is 24.9. The van der Waals surface area contributed by atoms with Gasteiger partial charge in [-0.05, 0) is 77.2 Å². The van der Waals surface area contributed by atoms with Crippen molar-refractivity contribution >= 4 is 11.8 Å². The third-order valence-electron chi connectivity index (χ3n) is 11.1. The van der Waals surface area contributed by atoms with Gasteiger partial charge in [0.1, 0.15) is 23.1 Å². The molecule has 34 heavy (non-hydrogen) atoms. The first kappa shape index (κ1) is 24.0. The predicted molar refractivity (Wildman–Crippen MR) is 127 cm³/mol. The van der Waals surface area contributed by atoms with Gasteiger partial charge < -0.3 is 20.1 Å². The number of rotatable bonds is 2. The number of carbonyl (C=O) groups is 2. The summed E-state index contributed by atoms with van der Waals surface area (Å²) in [6, 6.07) is 0. The average Bonchev–Trinajstić information content (AvgIpc) is 3.00. The summed E-state index contributed by atoms with van der Waals surface area (Å²) in [5.41, 5.74) is -3.87. The summed E-state index contributed by atoms with van der Waals surface area (Å²) >= 11 is 0. The molecule has 0 spiro atoms. The van der Waals surface area contributed by atoms with Crippen LogP contribution in [0.4, 0.5) is 0 Å². The van der Waals surface area contributed by atoms with Crippen LogP contribution in [-0.2, 0) is 14.3 Å². The first-order valence-electron chi connectivity index (χ1n) is 12.7. The number of Topliss-reactive ketones (excluding diaryl/α,β-unsaturated/α-hetero) is 1. The molecule has 1 aliphatic heterocycles. The van der Waals surface area contributed by atoms with E-state index < -0.39 is 39.7 Å². The second-order valence-electron chi connectivity index (χ2n) is 12.1. The van der Waals surface area contributed by atoms with Crippen LogP contribution in [0.3, 0.4) is 0 Å². The van der Waals surface area contributed by atoms with Gasteiger partial charge in [-0.1, -0.05) is 30.7 Å². The fraction of sp³-hybridized carbons (Fsp3) is 0.714. The van der Waals surface area contributed by atoms with Crippen LogP contribution in [0, 0.1) is 22.7 Å². The monoisotopic (exact) mass is 470 g/mol. The summed E-state index contributed by atoms with van der Waals surface area (Å²) in [7, 11) is 0. The number of ether oxygens (including phenoxy) is 1. The van der Waals surface area contributed by atoms with Crippen LogP contribution in [-0.4, -0.2) is 50.0 Å². The molecule has 2 fully saturated rings. The predicted octanol–water partition coefficient (Wildman–Crippen LogP) is 3.54. The Kier molecular flexibility index (Phi) is 5.03. The smallest absolute Gasteiger partial charge is 0.334 e. The van der Waals surface area contributed by atoms with E-state index in [0.29, 0.717) is 44.1 Å². The first-order chi connectivity index (χ1) is 15.7. The Morgan fingerprint density at radius 2 is 1.79 bits per heavy atom. The maximum absolute atomic E-state index is 13.1. The number of aliphatic hydroxyl groups is 3. The molecule has 0 amide bonds. The highest BCUT2D eigenvalue weighted by Crippen LogP contribution is 2.70. The minimum absolute atomic E-state index is 0.0179. The molecule has 186 valence electrons. The minimum Gasteiger partial charge on any atom is -0.455 e. The van der Waals surface area contributed by atoms with Crippen molar-refractivity contribution in [1.29, 1.82) is 0 Å². The molecule has 6 heteroatoms. The lowest BCUT2D eigenvalue weighted by atomic mass is 9.44. The highest BCUT2D eigenvalue weighted by Gasteiger charge is 2.76. The third-order valence-corrected chi connectivity index (χ3v) is 11.1. The third kappa shape index (κ3) is 2.63. The van der Waals surface area contributed by atoms with Crippen molar-refractivity contribution in [2.24, 2.45) is 22.7 Å². The van der Waals surface area contributed by atoms with Crippen molar-refractivity contribution in [1.82, 2.24) is 0 Å². The van der Waals surface area contributed by atoms with Crippen LogP contribution >= 0.6 is 0 Å². The number of hydrogen-bond acceptors (Lipinski definition) is 6. The average molecular weight is 471 g/mol. The maximum Gasteiger partial charge on any atom is 0.334 e. The van der Waals surface area contributed by atoms with Gasteiger partial charge in [-0.15, -0.1) is 0 Å². The van der Waals surface area contributed by atoms with E-state index >= 15 is 0 Å². The molecule has 2 saturated carbocycles. The normalized spacial score (nSPS) is 47.9. The standard InChI is InChI=1S/C28H38O6/c1-16-15-22(34-23(30)17(16)2)26(5,31)28(33)14-13-27(32)20-10-9-18-7-6-8-21(29)25(18,4)19(20)11-12-24(27,28)3/h6-7,9,19-20,22,31-33H,8,10-15H2,1-5H3/t19-,20+,22+,24-,25-,26-,27-,28+/m0/s1. The van der Waals surface area contributed by atoms with Crippen molar-refractivity contribution in [3.63, 3.8) is 0 Å². The van der Waals surface area contributed by atoms with Crippen molar-refractivity contribution in [3.05, 3.63) is 34.9 Å². The van der Waals surface area contributed by atoms with Gasteiger partial charge in [0.15, 0.2) is 0 Å². The summed E-state index contributed by atoms with van der Waals surface area (Å²) in [5, 5.41) is 36.5. The fourth-order valence-electron chi connectivity index (χ4n) is 8.38. The van der Waals surface area contributed by atoms with Gasteiger partial charge >= 0.3 is 5.97 Å². The van der Waals surface area contributed by atoms with E-state index in [0.717, 1.165) is 11.1 Å². The van der Waals surface area contributed by atoms with E-state index in [2.05, 4.69) is 12.2 Å². The zero-order valence-corrected chi connectivity index (χ0v) is 21.0. The second-order valence-corrected chi connectivity index (χ2v) is 12.1. The largest absolute Gasteiger partial charge is 0.455 e. The van der Waals surface area contributed by atoms with Crippen molar-refractivity contribution in [2.75, 3.05) is 0 Å². The molecule has 0 aromatic carbocycles. The van der Waals surface area contributed by atoms with Crippen LogP contribution in [0.2, 0.25) is 0 Å². The Balaban J connectivity index is 1.54. The molecule has 0 unspecified atom stereocenters. The van der Waals surface area contributed by atoms with E-state index in [1.54, 1.807) is 13.8 Å². The molecule has 0 bridgehead atoms. The molecule has 0 aromatic heterocycles. The molecule has 1 heterocycles. The van der Waals surface area contributed by atoms with Crippen LogP contribution < -0.4 is 0 Å². The Bertz CT molecular complexity index is 1050. The molecule has 0 radical (unpaired) electrons. The van der Waals surface area contributed by atoms with Crippen LogP contribution in [0.25, 0.3) is 0 Å². The Labute approximate surface area is 201 Å². The maximum atomic E-state index is 13.1. The van der Waals surface area contributed by atoms with E-state index in [1.165, 1.54) is 0 Å². The van der Waals surface area contributed by atoms with E-state index in [4.69, 9.17) is 4.74 Å². The number of allylic oxidation sites excluding steroid dienone is 4. The lowest BCUT2D eigenvalue weighted by Gasteiger charge is -2.63. The van der Waals surface area contributed by atoms with Gasteiger partial charge in [0.05, 0.1) is 11.0 Å². The van der Waals surface area contributed by atoms with E-state index in [1.807, 2.05) is 26.8 Å². The SMILES string of the molecule is CC1=C(C)C(=O)O[C@@H]([C@](C)(O)[C@@]2(O)CC[C@]3(O)[C@@H]4CC=C5C=CCC(=O)[C@]5(C)[C@H]4CC[C@]23C)C1. The molecule has 0 saturated heterocycles. The van der Waals surface area contributed by atoms with Crippen LogP contribution in [0.15, 0.2) is 34.9 Å². The molecule has 5 rings (SSSR count). The van der Waals surface area contributed by atoms with Gasteiger partial charge in [0, 0.05) is 23.8 Å². The van der Waals surface area contributed by atoms with Crippen LogP contribution in [0.5, 0.6) is 0 Å². The molecule has 3 N–H and O–H groups in total. The molecule has 5 aliphatic rings. The highest BCUT2D eigenvalue weighted by molar-refractivity contribution is 5.92. The van der Waals surface area contributed by atoms with Crippen molar-refractivity contribution in [2.45, 2.75) is 102 Å². The van der Waals surface area contributed by atoms with Gasteiger partial charge in [-0.25, -0.2) is 4.79 Å². The Hall–Kier alpha value is -1.76. The molecular weight excluding hydrogens is 432 g/mol. The second kappa shape index (κ2) is 7.14. The summed E-state index contributed by atoms with van der Waals surface area (Å²) < 4.78 is 5.63. The lowest BCUT2D eigenvalue weighted by Crippen LogP contribution is -2.72. The topological polar surface area (TPSA) is 104 Å². The van der Waals surface area contributed by atoms with Gasteiger partial charge in [0.25, 0.3) is 0 Å². The minimum atomic E-state index is -1.75. The van der Waals surface area contributed by atoms with E-state index in [-0.39, 0.29) is 24.0 Å². The van der Waals surface area contributed by atoms with Gasteiger partial charge in [-0.2, -0.15) is 0 Å². The quantitative estimate of drug-likeness (QED) is 0.534. The number of hydrogen-bond donors (Lipinski definition) is 3. The summed E-state index contributed by atoms with van der Waals surface area (Å²) in [5.74, 6) is -0.495. The van der Waals surface area contributed by atoms with Crippen molar-refractivity contribution in [3.8, 4) is 0 Å². The first-order valence-corrected chi connectivity index (χ1v) is 12.7. The summed E-state index contributed by atoms with van der Waals surface area (Å²) in [6.45, 7) is 9.01. The molecule has 8 atom stereocenters. The van der Waals surface area contributed by atoms with Crippen LogP contribution in [0.1, 0.15) is 79.6 Å². The van der Waals surface area contributed by atoms with Gasteiger partial charge in [0.2, 0.25) is 0 Å². The summed E-state index contributed by atoms with van der Waals surface area (Å²) in [4.78, 5) is 25.6. The number of cyclic esters (lactones) is 1. The van der Waals surface area contributed by atoms with Gasteiger partial charge in [-0.3, -0.25) is 4.79 Å². The lowest BCUT2D eigenvalue weighted by molar-refractivity contribution is -0.279. The number of ketones is 1. The molecule has 4 aliphatic carbocycles. The number of fused-ring (bicyclic) bond motifs is 5. The molecular formula is C28H38O6.